The van der Waals surface area contributed by atoms with Gasteiger partial charge in [0, 0.05) is 19.2 Å². The first-order valence-corrected chi connectivity index (χ1v) is 6.59. The van der Waals surface area contributed by atoms with Crippen molar-refractivity contribution in [3.8, 4) is 0 Å². The van der Waals surface area contributed by atoms with Gasteiger partial charge in [-0.2, -0.15) is 0 Å². The van der Waals surface area contributed by atoms with Crippen LogP contribution in [0.4, 0.5) is 5.69 Å². The summed E-state index contributed by atoms with van der Waals surface area (Å²) in [5.41, 5.74) is 2.29. The number of anilines is 1. The summed E-state index contributed by atoms with van der Waals surface area (Å²) in [5, 5.41) is 3.10. The van der Waals surface area contributed by atoms with Gasteiger partial charge >= 0.3 is 0 Å². The summed E-state index contributed by atoms with van der Waals surface area (Å²) >= 11 is 0. The molecule has 0 fully saturated rings. The second kappa shape index (κ2) is 7.17. The highest BCUT2D eigenvalue weighted by Gasteiger charge is 2.11. The molecule has 0 aromatic heterocycles. The number of nitrogens with one attached hydrogen (secondary N) is 1. The molecule has 0 spiro atoms. The summed E-state index contributed by atoms with van der Waals surface area (Å²) in [6.45, 7) is 7.65. The Bertz CT molecular complexity index is 371. The molecule has 1 aromatic carbocycles. The van der Waals surface area contributed by atoms with E-state index in [0.717, 1.165) is 25.2 Å². The van der Waals surface area contributed by atoms with Crippen LogP contribution >= 0.6 is 0 Å². The third-order valence-corrected chi connectivity index (χ3v) is 3.06. The van der Waals surface area contributed by atoms with Crippen molar-refractivity contribution >= 4 is 11.6 Å². The van der Waals surface area contributed by atoms with Gasteiger partial charge in [-0.1, -0.05) is 26.0 Å². The minimum absolute atomic E-state index is 0.100. The molecular formula is C15H24N2O. The van der Waals surface area contributed by atoms with Crippen LogP contribution in [-0.2, 0) is 4.79 Å². The van der Waals surface area contributed by atoms with Crippen LogP contribution in [0.15, 0.2) is 24.3 Å². The standard InChI is InChI=1S/C15H24N2O/c1-12(2)14-6-8-15(9-7-14)17(13(3)18)11-5-10-16-4/h6-9,12,16H,5,10-11H2,1-4H3. The Morgan fingerprint density at radius 2 is 1.89 bits per heavy atom. The van der Waals surface area contributed by atoms with Crippen LogP contribution in [0, 0.1) is 0 Å². The van der Waals surface area contributed by atoms with Gasteiger partial charge < -0.3 is 10.2 Å². The van der Waals surface area contributed by atoms with Crippen molar-refractivity contribution in [1.29, 1.82) is 0 Å². The minimum Gasteiger partial charge on any atom is -0.320 e. The van der Waals surface area contributed by atoms with Crippen molar-refractivity contribution in [3.63, 3.8) is 0 Å². The number of rotatable bonds is 6. The van der Waals surface area contributed by atoms with E-state index in [1.165, 1.54) is 5.56 Å². The molecule has 0 atom stereocenters. The molecule has 3 heteroatoms. The molecule has 0 saturated heterocycles. The van der Waals surface area contributed by atoms with E-state index in [-0.39, 0.29) is 5.91 Å². The molecule has 1 rings (SSSR count). The summed E-state index contributed by atoms with van der Waals surface area (Å²) in [4.78, 5) is 13.5. The van der Waals surface area contributed by atoms with Crippen molar-refractivity contribution < 1.29 is 4.79 Å². The minimum atomic E-state index is 0.100. The van der Waals surface area contributed by atoms with Gasteiger partial charge in [0.05, 0.1) is 0 Å². The molecule has 100 valence electrons. The Balaban J connectivity index is 2.76. The third kappa shape index (κ3) is 4.15. The van der Waals surface area contributed by atoms with Gasteiger partial charge in [0.2, 0.25) is 5.91 Å². The van der Waals surface area contributed by atoms with E-state index in [0.29, 0.717) is 5.92 Å². The van der Waals surface area contributed by atoms with Crippen molar-refractivity contribution in [1.82, 2.24) is 5.32 Å². The molecule has 0 saturated carbocycles. The number of carbonyl (C=O) groups excluding carboxylic acids is 1. The number of nitrogens with zero attached hydrogens (tertiary/aromatic N) is 1. The highest BCUT2D eigenvalue weighted by Crippen LogP contribution is 2.20. The Hall–Kier alpha value is -1.35. The normalized spacial score (nSPS) is 10.7. The second-order valence-corrected chi connectivity index (χ2v) is 4.87. The fourth-order valence-corrected chi connectivity index (χ4v) is 1.92. The van der Waals surface area contributed by atoms with Gasteiger partial charge in [-0.15, -0.1) is 0 Å². The van der Waals surface area contributed by atoms with Crippen LogP contribution in [0.2, 0.25) is 0 Å². The van der Waals surface area contributed by atoms with Gasteiger partial charge in [0.15, 0.2) is 0 Å². The maximum atomic E-state index is 11.7. The summed E-state index contributed by atoms with van der Waals surface area (Å²) < 4.78 is 0. The first-order chi connectivity index (χ1) is 8.56. The van der Waals surface area contributed by atoms with E-state index in [1.54, 1.807) is 6.92 Å². The first kappa shape index (κ1) is 14.7. The molecule has 1 aromatic rings. The zero-order chi connectivity index (χ0) is 13.5. The summed E-state index contributed by atoms with van der Waals surface area (Å²) in [6.07, 6.45) is 0.960. The van der Waals surface area contributed by atoms with Gasteiger partial charge in [-0.05, 0) is 43.6 Å². The quantitative estimate of drug-likeness (QED) is 0.785. The molecule has 0 aliphatic rings. The second-order valence-electron chi connectivity index (χ2n) is 4.87. The lowest BCUT2D eigenvalue weighted by atomic mass is 10.0. The van der Waals surface area contributed by atoms with Gasteiger partial charge in [-0.3, -0.25) is 4.79 Å². The Labute approximate surface area is 110 Å². The molecule has 0 aliphatic carbocycles. The topological polar surface area (TPSA) is 32.3 Å². The number of benzene rings is 1. The predicted octanol–water partition coefficient (Wildman–Crippen LogP) is 2.77. The van der Waals surface area contributed by atoms with E-state index in [2.05, 4.69) is 31.3 Å². The van der Waals surface area contributed by atoms with Crippen molar-refractivity contribution in [3.05, 3.63) is 29.8 Å². The summed E-state index contributed by atoms with van der Waals surface area (Å²) in [5.74, 6) is 0.623. The highest BCUT2D eigenvalue weighted by molar-refractivity contribution is 5.91. The molecule has 3 nitrogen and oxygen atoms in total. The molecule has 0 bridgehead atoms. The summed E-state index contributed by atoms with van der Waals surface area (Å²) in [6, 6.07) is 8.29. The number of carbonyl (C=O) groups is 1. The zero-order valence-electron chi connectivity index (χ0n) is 11.9. The predicted molar refractivity (Wildman–Crippen MR) is 77.1 cm³/mol. The average molecular weight is 248 g/mol. The number of hydrogen-bond donors (Lipinski definition) is 1. The maximum absolute atomic E-state index is 11.7. The van der Waals surface area contributed by atoms with Gasteiger partial charge in [0.1, 0.15) is 0 Å². The van der Waals surface area contributed by atoms with E-state index in [9.17, 15) is 4.79 Å². The number of hydrogen-bond acceptors (Lipinski definition) is 2. The van der Waals surface area contributed by atoms with E-state index in [4.69, 9.17) is 0 Å². The molecule has 1 amide bonds. The van der Waals surface area contributed by atoms with Crippen LogP contribution in [0.3, 0.4) is 0 Å². The van der Waals surface area contributed by atoms with Crippen LogP contribution in [-0.4, -0.2) is 26.0 Å². The fraction of sp³-hybridized carbons (Fsp3) is 0.533. The van der Waals surface area contributed by atoms with E-state index < -0.39 is 0 Å². The lowest BCUT2D eigenvalue weighted by Gasteiger charge is -2.21. The van der Waals surface area contributed by atoms with Crippen molar-refractivity contribution in [2.75, 3.05) is 25.0 Å². The maximum Gasteiger partial charge on any atom is 0.223 e. The Morgan fingerprint density at radius 1 is 1.28 bits per heavy atom. The van der Waals surface area contributed by atoms with Crippen LogP contribution in [0.1, 0.15) is 38.7 Å². The Morgan fingerprint density at radius 3 is 2.33 bits per heavy atom. The average Bonchev–Trinajstić information content (AvgIpc) is 2.34. The van der Waals surface area contributed by atoms with Crippen molar-refractivity contribution in [2.45, 2.75) is 33.1 Å². The summed E-state index contributed by atoms with van der Waals surface area (Å²) in [7, 11) is 1.93. The molecule has 0 radical (unpaired) electrons. The van der Waals surface area contributed by atoms with E-state index in [1.807, 2.05) is 24.1 Å². The van der Waals surface area contributed by atoms with Gasteiger partial charge in [-0.25, -0.2) is 0 Å². The van der Waals surface area contributed by atoms with Crippen LogP contribution < -0.4 is 10.2 Å². The lowest BCUT2D eigenvalue weighted by molar-refractivity contribution is -0.116. The van der Waals surface area contributed by atoms with Crippen molar-refractivity contribution in [2.24, 2.45) is 0 Å². The SMILES string of the molecule is CNCCCN(C(C)=O)c1ccc(C(C)C)cc1. The molecule has 0 unspecified atom stereocenters. The smallest absolute Gasteiger partial charge is 0.223 e. The first-order valence-electron chi connectivity index (χ1n) is 6.59. The highest BCUT2D eigenvalue weighted by atomic mass is 16.2. The molecule has 18 heavy (non-hydrogen) atoms. The third-order valence-electron chi connectivity index (χ3n) is 3.06. The molecule has 0 heterocycles. The number of amides is 1. The van der Waals surface area contributed by atoms with E-state index >= 15 is 0 Å². The van der Waals surface area contributed by atoms with Gasteiger partial charge in [0.25, 0.3) is 0 Å². The van der Waals surface area contributed by atoms with Crippen LogP contribution in [0.5, 0.6) is 0 Å². The molecule has 0 aliphatic heterocycles. The monoisotopic (exact) mass is 248 g/mol. The molecule has 1 N–H and O–H groups in total. The molecular weight excluding hydrogens is 224 g/mol. The largest absolute Gasteiger partial charge is 0.320 e. The lowest BCUT2D eigenvalue weighted by Crippen LogP contribution is -2.31. The fourth-order valence-electron chi connectivity index (χ4n) is 1.92. The Kier molecular flexibility index (Phi) is 5.86. The van der Waals surface area contributed by atoms with Crippen LogP contribution in [0.25, 0.3) is 0 Å². The zero-order valence-corrected chi connectivity index (χ0v) is 11.9.